The van der Waals surface area contributed by atoms with E-state index in [1.807, 2.05) is 6.08 Å². The zero-order chi connectivity index (χ0) is 17.0. The van der Waals surface area contributed by atoms with Crippen LogP contribution in [0.5, 0.6) is 0 Å². The lowest BCUT2D eigenvalue weighted by molar-refractivity contribution is 0.276. The molecule has 2 N–H and O–H groups in total. The molecule has 1 heterocycles. The zero-order valence-corrected chi connectivity index (χ0v) is 17.8. The molecule has 5 heteroatoms. The summed E-state index contributed by atoms with van der Waals surface area (Å²) in [5.41, 5.74) is 2.72. The number of nitrogens with one attached hydrogen (secondary N) is 2. The highest BCUT2D eigenvalue weighted by molar-refractivity contribution is 14.0. The van der Waals surface area contributed by atoms with Crippen molar-refractivity contribution in [3.63, 3.8) is 0 Å². The first-order valence-electron chi connectivity index (χ1n) is 9.25. The maximum absolute atomic E-state index is 4.72. The first-order valence-corrected chi connectivity index (χ1v) is 9.25. The molecule has 0 aliphatic carbocycles. The summed E-state index contributed by atoms with van der Waals surface area (Å²) >= 11 is 0. The van der Waals surface area contributed by atoms with Crippen LogP contribution in [0.3, 0.4) is 0 Å². The van der Waals surface area contributed by atoms with Crippen LogP contribution >= 0.6 is 24.0 Å². The minimum Gasteiger partial charge on any atom is -0.357 e. The van der Waals surface area contributed by atoms with Crippen LogP contribution in [0, 0.1) is 0 Å². The van der Waals surface area contributed by atoms with E-state index in [1.54, 1.807) is 0 Å². The summed E-state index contributed by atoms with van der Waals surface area (Å²) in [7, 11) is 0. The van der Waals surface area contributed by atoms with Gasteiger partial charge in [-0.1, -0.05) is 43.2 Å². The minimum absolute atomic E-state index is 0. The number of rotatable bonds is 7. The molecule has 0 saturated carbocycles. The number of hydrogen-bond donors (Lipinski definition) is 2. The summed E-state index contributed by atoms with van der Waals surface area (Å²) in [5, 5.41) is 6.54. The molecule has 0 unspecified atom stereocenters. The van der Waals surface area contributed by atoms with Crippen LogP contribution in [0.4, 0.5) is 0 Å². The van der Waals surface area contributed by atoms with E-state index < -0.39 is 0 Å². The second kappa shape index (κ2) is 13.2. The molecule has 4 nitrogen and oxygen atoms in total. The summed E-state index contributed by atoms with van der Waals surface area (Å²) < 4.78 is 0. The number of likely N-dealkylation sites (tertiary alicyclic amines) is 1. The van der Waals surface area contributed by atoms with E-state index in [4.69, 9.17) is 4.99 Å². The van der Waals surface area contributed by atoms with Gasteiger partial charge in [0.05, 0.1) is 6.54 Å². The van der Waals surface area contributed by atoms with Crippen molar-refractivity contribution in [2.75, 3.05) is 26.2 Å². The van der Waals surface area contributed by atoms with Crippen molar-refractivity contribution < 1.29 is 0 Å². The molecule has 25 heavy (non-hydrogen) atoms. The van der Waals surface area contributed by atoms with Gasteiger partial charge in [0, 0.05) is 19.6 Å². The molecule has 2 rings (SSSR count). The molecule has 1 saturated heterocycles. The molecule has 1 fully saturated rings. The highest BCUT2D eigenvalue weighted by Gasteiger charge is 2.11. The summed E-state index contributed by atoms with van der Waals surface area (Å²) in [6, 6.07) is 8.70. The van der Waals surface area contributed by atoms with Gasteiger partial charge in [-0.25, -0.2) is 4.99 Å². The lowest BCUT2D eigenvalue weighted by Gasteiger charge is -2.21. The Hall–Kier alpha value is -1.08. The summed E-state index contributed by atoms with van der Waals surface area (Å²) in [5.74, 6) is 0.849. The topological polar surface area (TPSA) is 39.7 Å². The highest BCUT2D eigenvalue weighted by Crippen LogP contribution is 2.16. The maximum Gasteiger partial charge on any atom is 0.191 e. The summed E-state index contributed by atoms with van der Waals surface area (Å²) in [6.45, 7) is 11.6. The third kappa shape index (κ3) is 8.23. The van der Waals surface area contributed by atoms with Gasteiger partial charge in [-0.3, -0.25) is 4.90 Å². The van der Waals surface area contributed by atoms with E-state index in [1.165, 1.54) is 49.9 Å². The van der Waals surface area contributed by atoms with E-state index in [9.17, 15) is 0 Å². The Kier molecular flexibility index (Phi) is 11.6. The SMILES string of the molecule is C=CCNC(=NCc1ccccc1CN1CCCCCC1)NCC.I. The predicted molar refractivity (Wildman–Crippen MR) is 119 cm³/mol. The Balaban J connectivity index is 0.00000312. The number of guanidine groups is 1. The second-order valence-electron chi connectivity index (χ2n) is 6.32. The lowest BCUT2D eigenvalue weighted by atomic mass is 10.1. The quantitative estimate of drug-likeness (QED) is 0.283. The molecule has 0 aromatic heterocycles. The van der Waals surface area contributed by atoms with Crippen LogP contribution in [-0.2, 0) is 13.1 Å². The van der Waals surface area contributed by atoms with Crippen molar-refractivity contribution in [3.05, 3.63) is 48.0 Å². The van der Waals surface area contributed by atoms with E-state index in [2.05, 4.69) is 53.3 Å². The van der Waals surface area contributed by atoms with Crippen LogP contribution in [0.1, 0.15) is 43.7 Å². The fourth-order valence-corrected chi connectivity index (χ4v) is 3.08. The molecule has 0 atom stereocenters. The maximum atomic E-state index is 4.72. The van der Waals surface area contributed by atoms with E-state index >= 15 is 0 Å². The molecule has 1 aromatic rings. The smallest absolute Gasteiger partial charge is 0.191 e. The number of aliphatic imine (C=N–C) groups is 1. The van der Waals surface area contributed by atoms with E-state index in [0.29, 0.717) is 6.54 Å². The van der Waals surface area contributed by atoms with Gasteiger partial charge in [-0.15, -0.1) is 30.6 Å². The monoisotopic (exact) mass is 456 g/mol. The Morgan fingerprint density at radius 1 is 1.12 bits per heavy atom. The second-order valence-corrected chi connectivity index (χ2v) is 6.32. The van der Waals surface area contributed by atoms with Crippen molar-refractivity contribution in [2.45, 2.75) is 45.7 Å². The molecular weight excluding hydrogens is 423 g/mol. The Morgan fingerprint density at radius 2 is 1.80 bits per heavy atom. The van der Waals surface area contributed by atoms with Crippen molar-refractivity contribution in [1.82, 2.24) is 15.5 Å². The molecule has 0 radical (unpaired) electrons. The number of benzene rings is 1. The average Bonchev–Trinajstić information content (AvgIpc) is 2.87. The van der Waals surface area contributed by atoms with Gasteiger partial charge in [0.2, 0.25) is 0 Å². The summed E-state index contributed by atoms with van der Waals surface area (Å²) in [4.78, 5) is 7.32. The van der Waals surface area contributed by atoms with E-state index in [0.717, 1.165) is 25.6 Å². The molecule has 1 aromatic carbocycles. The Labute approximate surface area is 170 Å². The van der Waals surface area contributed by atoms with Gasteiger partial charge in [0.1, 0.15) is 0 Å². The molecule has 140 valence electrons. The zero-order valence-electron chi connectivity index (χ0n) is 15.5. The first-order chi connectivity index (χ1) is 11.8. The van der Waals surface area contributed by atoms with E-state index in [-0.39, 0.29) is 24.0 Å². The van der Waals surface area contributed by atoms with Gasteiger partial charge in [-0.05, 0) is 44.0 Å². The molecule has 1 aliphatic heterocycles. The van der Waals surface area contributed by atoms with Crippen LogP contribution < -0.4 is 10.6 Å². The lowest BCUT2D eigenvalue weighted by Crippen LogP contribution is -2.37. The average molecular weight is 456 g/mol. The number of nitrogens with zero attached hydrogens (tertiary/aromatic N) is 2. The number of hydrogen-bond acceptors (Lipinski definition) is 2. The van der Waals surface area contributed by atoms with Gasteiger partial charge in [0.15, 0.2) is 5.96 Å². The normalized spacial score (nSPS) is 15.8. The molecular formula is C20H33IN4. The van der Waals surface area contributed by atoms with Gasteiger partial charge < -0.3 is 10.6 Å². The summed E-state index contributed by atoms with van der Waals surface area (Å²) in [6.07, 6.45) is 7.26. The van der Waals surface area contributed by atoms with Crippen molar-refractivity contribution in [3.8, 4) is 0 Å². The molecule has 1 aliphatic rings. The molecule has 0 amide bonds. The van der Waals surface area contributed by atoms with Gasteiger partial charge in [-0.2, -0.15) is 0 Å². The standard InChI is InChI=1S/C20H32N4.HI/c1-3-13-22-20(21-4-2)23-16-18-11-7-8-12-19(18)17-24-14-9-5-6-10-15-24;/h3,7-8,11-12H,1,4-6,9-10,13-17H2,2H3,(H2,21,22,23);1H. The Morgan fingerprint density at radius 3 is 2.44 bits per heavy atom. The Bertz CT molecular complexity index is 522. The largest absolute Gasteiger partial charge is 0.357 e. The van der Waals surface area contributed by atoms with Crippen molar-refractivity contribution in [1.29, 1.82) is 0 Å². The van der Waals surface area contributed by atoms with Gasteiger partial charge >= 0.3 is 0 Å². The van der Waals surface area contributed by atoms with Gasteiger partial charge in [0.25, 0.3) is 0 Å². The van der Waals surface area contributed by atoms with Crippen LogP contribution in [0.2, 0.25) is 0 Å². The van der Waals surface area contributed by atoms with Crippen LogP contribution in [-0.4, -0.2) is 37.0 Å². The molecule has 0 spiro atoms. The first kappa shape index (κ1) is 22.0. The molecule has 0 bridgehead atoms. The van der Waals surface area contributed by atoms with Crippen molar-refractivity contribution in [2.24, 2.45) is 4.99 Å². The minimum atomic E-state index is 0. The highest BCUT2D eigenvalue weighted by atomic mass is 127. The third-order valence-corrected chi connectivity index (χ3v) is 4.38. The number of halogens is 1. The van der Waals surface area contributed by atoms with Crippen molar-refractivity contribution >= 4 is 29.9 Å². The fourth-order valence-electron chi connectivity index (χ4n) is 3.08. The predicted octanol–water partition coefficient (Wildman–Crippen LogP) is 3.92. The van der Waals surface area contributed by atoms with Crippen LogP contribution in [0.15, 0.2) is 41.9 Å². The fraction of sp³-hybridized carbons (Fsp3) is 0.550. The van der Waals surface area contributed by atoms with Crippen LogP contribution in [0.25, 0.3) is 0 Å². The third-order valence-electron chi connectivity index (χ3n) is 4.38.